The predicted molar refractivity (Wildman–Crippen MR) is 71.1 cm³/mol. The lowest BCUT2D eigenvalue weighted by Crippen LogP contribution is -2.31. The van der Waals surface area contributed by atoms with E-state index in [0.29, 0.717) is 6.61 Å². The van der Waals surface area contributed by atoms with E-state index in [2.05, 4.69) is 10.2 Å². The summed E-state index contributed by atoms with van der Waals surface area (Å²) in [5.74, 6) is -0.0482. The maximum Gasteiger partial charge on any atom is 0.245 e. The molecule has 0 bridgehead atoms. The van der Waals surface area contributed by atoms with Gasteiger partial charge in [0.25, 0.3) is 0 Å². The maximum absolute atomic E-state index is 10.8. The van der Waals surface area contributed by atoms with Crippen molar-refractivity contribution < 1.29 is 9.53 Å². The van der Waals surface area contributed by atoms with Gasteiger partial charge in [-0.1, -0.05) is 20.3 Å². The van der Waals surface area contributed by atoms with Crippen molar-refractivity contribution in [3.05, 3.63) is 0 Å². The molecule has 1 aliphatic rings. The summed E-state index contributed by atoms with van der Waals surface area (Å²) in [6, 6.07) is 0. The molecule has 0 radical (unpaired) electrons. The van der Waals surface area contributed by atoms with Gasteiger partial charge in [-0.2, -0.15) is 0 Å². The molecule has 0 atom stereocenters. The summed E-state index contributed by atoms with van der Waals surface area (Å²) < 4.78 is 5.24. The summed E-state index contributed by atoms with van der Waals surface area (Å²) in [6.45, 7) is 8.44. The molecule has 0 aromatic carbocycles. The van der Waals surface area contributed by atoms with E-state index in [1.165, 1.54) is 32.4 Å². The number of nitrogens with one attached hydrogen (secondary N) is 1. The Labute approximate surface area is 106 Å². The van der Waals surface area contributed by atoms with E-state index in [-0.39, 0.29) is 12.5 Å². The first kappa shape index (κ1) is 16.4. The van der Waals surface area contributed by atoms with Crippen LogP contribution in [-0.4, -0.2) is 50.7 Å². The standard InChI is InChI=1S/C11H22N2O2.C2H6/c1-12-11(14)10-15-9-5-8-13-6-3-2-4-7-13;1-2/h2-10H2,1H3,(H,12,14);1-2H3. The molecule has 1 aliphatic heterocycles. The fourth-order valence-corrected chi connectivity index (χ4v) is 1.81. The first-order chi connectivity index (χ1) is 8.33. The average molecular weight is 244 g/mol. The van der Waals surface area contributed by atoms with Crippen LogP contribution in [0, 0.1) is 0 Å². The van der Waals surface area contributed by atoms with Crippen LogP contribution in [0.5, 0.6) is 0 Å². The monoisotopic (exact) mass is 244 g/mol. The summed E-state index contributed by atoms with van der Waals surface area (Å²) in [4.78, 5) is 13.3. The van der Waals surface area contributed by atoms with E-state index in [1.807, 2.05) is 13.8 Å². The van der Waals surface area contributed by atoms with E-state index in [9.17, 15) is 4.79 Å². The Kier molecular flexibility index (Phi) is 11.4. The van der Waals surface area contributed by atoms with Gasteiger partial charge in [0.15, 0.2) is 0 Å². The number of nitrogens with zero attached hydrogens (tertiary/aromatic N) is 1. The number of likely N-dealkylation sites (tertiary alicyclic amines) is 1. The van der Waals surface area contributed by atoms with Gasteiger partial charge in [-0.15, -0.1) is 0 Å². The normalized spacial score (nSPS) is 15.9. The molecule has 0 unspecified atom stereocenters. The van der Waals surface area contributed by atoms with Crippen molar-refractivity contribution >= 4 is 5.91 Å². The second-order valence-corrected chi connectivity index (χ2v) is 3.98. The molecule has 1 amide bonds. The van der Waals surface area contributed by atoms with Crippen LogP contribution in [0.15, 0.2) is 0 Å². The summed E-state index contributed by atoms with van der Waals surface area (Å²) >= 11 is 0. The highest BCUT2D eigenvalue weighted by atomic mass is 16.5. The summed E-state index contributed by atoms with van der Waals surface area (Å²) in [6.07, 6.45) is 5.07. The molecule has 0 aromatic heterocycles. The zero-order chi connectivity index (χ0) is 12.9. The highest BCUT2D eigenvalue weighted by Crippen LogP contribution is 2.08. The predicted octanol–water partition coefficient (Wildman–Crippen LogP) is 1.65. The SMILES string of the molecule is CC.CNC(=O)COCCCN1CCCCC1. The largest absolute Gasteiger partial charge is 0.372 e. The average Bonchev–Trinajstić information content (AvgIpc) is 2.41. The lowest BCUT2D eigenvalue weighted by Gasteiger charge is -2.26. The number of carbonyl (C=O) groups is 1. The van der Waals surface area contributed by atoms with Gasteiger partial charge < -0.3 is 15.0 Å². The van der Waals surface area contributed by atoms with Crippen LogP contribution < -0.4 is 5.32 Å². The highest BCUT2D eigenvalue weighted by molar-refractivity contribution is 5.76. The van der Waals surface area contributed by atoms with Crippen LogP contribution >= 0.6 is 0 Å². The zero-order valence-corrected chi connectivity index (χ0v) is 11.6. The van der Waals surface area contributed by atoms with Crippen LogP contribution in [0.25, 0.3) is 0 Å². The first-order valence-corrected chi connectivity index (χ1v) is 6.83. The Morgan fingerprint density at radius 1 is 1.24 bits per heavy atom. The third-order valence-corrected chi connectivity index (χ3v) is 2.72. The third kappa shape index (κ3) is 9.12. The fraction of sp³-hybridized carbons (Fsp3) is 0.923. The second kappa shape index (κ2) is 11.9. The molecule has 0 spiro atoms. The van der Waals surface area contributed by atoms with Crippen LogP contribution in [0.2, 0.25) is 0 Å². The number of hydrogen-bond acceptors (Lipinski definition) is 3. The van der Waals surface area contributed by atoms with Gasteiger partial charge in [0.2, 0.25) is 5.91 Å². The Bertz CT molecular complexity index is 180. The van der Waals surface area contributed by atoms with E-state index in [4.69, 9.17) is 4.74 Å². The molecule has 4 nitrogen and oxygen atoms in total. The number of hydrogen-bond donors (Lipinski definition) is 1. The second-order valence-electron chi connectivity index (χ2n) is 3.98. The van der Waals surface area contributed by atoms with E-state index >= 15 is 0 Å². The number of carbonyl (C=O) groups excluding carboxylic acids is 1. The molecule has 102 valence electrons. The molecular weight excluding hydrogens is 216 g/mol. The highest BCUT2D eigenvalue weighted by Gasteiger charge is 2.08. The van der Waals surface area contributed by atoms with Gasteiger partial charge in [0.05, 0.1) is 0 Å². The van der Waals surface area contributed by atoms with Crippen LogP contribution in [0.3, 0.4) is 0 Å². The van der Waals surface area contributed by atoms with Crippen LogP contribution in [-0.2, 0) is 9.53 Å². The van der Waals surface area contributed by atoms with Crippen molar-refractivity contribution in [2.75, 3.05) is 39.9 Å². The van der Waals surface area contributed by atoms with Crippen LogP contribution in [0.4, 0.5) is 0 Å². The topological polar surface area (TPSA) is 41.6 Å². The number of piperidine rings is 1. The minimum atomic E-state index is -0.0482. The molecule has 1 heterocycles. The number of amides is 1. The summed E-state index contributed by atoms with van der Waals surface area (Å²) in [5, 5.41) is 2.53. The molecule has 1 N–H and O–H groups in total. The van der Waals surface area contributed by atoms with Gasteiger partial charge in [0, 0.05) is 20.2 Å². The van der Waals surface area contributed by atoms with Gasteiger partial charge >= 0.3 is 0 Å². The minimum absolute atomic E-state index is 0.0482. The van der Waals surface area contributed by atoms with Crippen molar-refractivity contribution in [2.24, 2.45) is 0 Å². The molecule has 1 fully saturated rings. The molecular formula is C13H28N2O2. The molecule has 4 heteroatoms. The minimum Gasteiger partial charge on any atom is -0.372 e. The Morgan fingerprint density at radius 3 is 2.47 bits per heavy atom. The van der Waals surface area contributed by atoms with Crippen LogP contribution in [0.1, 0.15) is 39.5 Å². The molecule has 0 aromatic rings. The quantitative estimate of drug-likeness (QED) is 0.722. The third-order valence-electron chi connectivity index (χ3n) is 2.72. The van der Waals surface area contributed by atoms with E-state index in [0.717, 1.165) is 13.0 Å². The fourth-order valence-electron chi connectivity index (χ4n) is 1.81. The molecule has 0 aliphatic carbocycles. The number of likely N-dealkylation sites (N-methyl/N-ethyl adjacent to an activating group) is 1. The van der Waals surface area contributed by atoms with Gasteiger partial charge in [-0.05, 0) is 32.4 Å². The van der Waals surface area contributed by atoms with Crippen molar-refractivity contribution in [2.45, 2.75) is 39.5 Å². The zero-order valence-electron chi connectivity index (χ0n) is 11.6. The Morgan fingerprint density at radius 2 is 1.88 bits per heavy atom. The molecule has 0 saturated carbocycles. The number of rotatable bonds is 6. The Hall–Kier alpha value is -0.610. The van der Waals surface area contributed by atoms with E-state index in [1.54, 1.807) is 7.05 Å². The maximum atomic E-state index is 10.8. The van der Waals surface area contributed by atoms with Gasteiger partial charge in [-0.3, -0.25) is 4.79 Å². The van der Waals surface area contributed by atoms with Gasteiger partial charge in [-0.25, -0.2) is 0 Å². The van der Waals surface area contributed by atoms with Crippen molar-refractivity contribution in [3.8, 4) is 0 Å². The van der Waals surface area contributed by atoms with E-state index < -0.39 is 0 Å². The van der Waals surface area contributed by atoms with Gasteiger partial charge in [0.1, 0.15) is 6.61 Å². The smallest absolute Gasteiger partial charge is 0.245 e. The lowest BCUT2D eigenvalue weighted by atomic mass is 10.1. The Balaban J connectivity index is 0.00000121. The van der Waals surface area contributed by atoms with Crippen molar-refractivity contribution in [1.82, 2.24) is 10.2 Å². The van der Waals surface area contributed by atoms with Crippen molar-refractivity contribution in [1.29, 1.82) is 0 Å². The molecule has 1 saturated heterocycles. The lowest BCUT2D eigenvalue weighted by molar-refractivity contribution is -0.125. The first-order valence-electron chi connectivity index (χ1n) is 6.83. The number of ether oxygens (including phenoxy) is 1. The summed E-state index contributed by atoms with van der Waals surface area (Å²) in [7, 11) is 1.62. The summed E-state index contributed by atoms with van der Waals surface area (Å²) in [5.41, 5.74) is 0. The molecule has 1 rings (SSSR count). The van der Waals surface area contributed by atoms with Crippen molar-refractivity contribution in [3.63, 3.8) is 0 Å². The molecule has 17 heavy (non-hydrogen) atoms.